The Hall–Kier alpha value is -0.470. The number of hydrogen-bond donors (Lipinski definition) is 1. The predicted molar refractivity (Wildman–Crippen MR) is 80.5 cm³/mol. The minimum Gasteiger partial charge on any atom is -0.370 e. The van der Waals surface area contributed by atoms with E-state index >= 15 is 0 Å². The van der Waals surface area contributed by atoms with Crippen molar-refractivity contribution in [3.05, 3.63) is 16.3 Å². The molecule has 0 aliphatic carbocycles. The first-order valence-corrected chi connectivity index (χ1v) is 8.96. The number of nitrogens with one attached hydrogen (secondary N) is 1. The number of thiophene rings is 1. The molecule has 1 aliphatic heterocycles. The van der Waals surface area contributed by atoms with E-state index in [0.717, 1.165) is 4.88 Å². The molecule has 1 aromatic rings. The molecule has 0 bridgehead atoms. The summed E-state index contributed by atoms with van der Waals surface area (Å²) in [4.78, 5) is 1.41. The van der Waals surface area contributed by atoms with Gasteiger partial charge in [-0.3, -0.25) is 0 Å². The topological polar surface area (TPSA) is 58.6 Å². The second-order valence-corrected chi connectivity index (χ2v) is 8.70. The number of sulfonamides is 1. The highest BCUT2D eigenvalue weighted by Gasteiger charge is 2.38. The molecule has 0 saturated carbocycles. The molecule has 1 fully saturated rings. The minimum atomic E-state index is -3.43. The SMILES string of the molecule is CNCc1cc(S(=O)(=O)N2CC(C)OC(C)(C)C2)cs1. The van der Waals surface area contributed by atoms with Gasteiger partial charge in [-0.15, -0.1) is 11.3 Å². The van der Waals surface area contributed by atoms with Gasteiger partial charge in [-0.05, 0) is 33.9 Å². The van der Waals surface area contributed by atoms with Crippen molar-refractivity contribution in [3.63, 3.8) is 0 Å². The predicted octanol–water partition coefficient (Wildman–Crippen LogP) is 1.66. The van der Waals surface area contributed by atoms with Crippen molar-refractivity contribution in [2.75, 3.05) is 20.1 Å². The summed E-state index contributed by atoms with van der Waals surface area (Å²) >= 11 is 1.47. The normalized spacial score (nSPS) is 23.9. The molecule has 114 valence electrons. The standard InChI is InChI=1S/C13H22N2O3S2/c1-10-7-15(9-13(2,3)18-10)20(16,17)12-5-11(6-14-4)19-8-12/h5,8,10,14H,6-7,9H2,1-4H3. The van der Waals surface area contributed by atoms with Gasteiger partial charge in [0.25, 0.3) is 0 Å². The number of morpholine rings is 1. The molecular formula is C13H22N2O3S2. The molecule has 0 aromatic carbocycles. The van der Waals surface area contributed by atoms with Crippen LogP contribution in [0.1, 0.15) is 25.6 Å². The second kappa shape index (κ2) is 5.73. The second-order valence-electron chi connectivity index (χ2n) is 5.76. The third kappa shape index (κ3) is 3.40. The van der Waals surface area contributed by atoms with E-state index in [1.54, 1.807) is 11.4 Å². The van der Waals surface area contributed by atoms with Gasteiger partial charge in [-0.1, -0.05) is 0 Å². The van der Waals surface area contributed by atoms with Gasteiger partial charge in [0.15, 0.2) is 0 Å². The molecule has 20 heavy (non-hydrogen) atoms. The lowest BCUT2D eigenvalue weighted by Crippen LogP contribution is -2.53. The van der Waals surface area contributed by atoms with Gasteiger partial charge in [0.1, 0.15) is 0 Å². The fourth-order valence-corrected chi connectivity index (χ4v) is 5.43. The lowest BCUT2D eigenvalue weighted by atomic mass is 10.1. The van der Waals surface area contributed by atoms with Crippen molar-refractivity contribution in [1.82, 2.24) is 9.62 Å². The minimum absolute atomic E-state index is 0.0936. The molecule has 2 heterocycles. The molecule has 1 atom stereocenters. The fourth-order valence-electron chi connectivity index (χ4n) is 2.49. The molecule has 1 N–H and O–H groups in total. The van der Waals surface area contributed by atoms with Crippen LogP contribution in [0.25, 0.3) is 0 Å². The lowest BCUT2D eigenvalue weighted by molar-refractivity contribution is -0.109. The van der Waals surface area contributed by atoms with E-state index < -0.39 is 15.6 Å². The summed E-state index contributed by atoms with van der Waals surface area (Å²) in [6, 6.07) is 1.75. The van der Waals surface area contributed by atoms with Gasteiger partial charge in [0, 0.05) is 29.9 Å². The van der Waals surface area contributed by atoms with Crippen LogP contribution in [-0.4, -0.2) is 44.6 Å². The first kappa shape index (κ1) is 15.9. The number of hydrogen-bond acceptors (Lipinski definition) is 5. The summed E-state index contributed by atoms with van der Waals surface area (Å²) in [5, 5.41) is 4.75. The smallest absolute Gasteiger partial charge is 0.244 e. The van der Waals surface area contributed by atoms with E-state index in [2.05, 4.69) is 5.32 Å². The average molecular weight is 318 g/mol. The van der Waals surface area contributed by atoms with Crippen molar-refractivity contribution in [2.24, 2.45) is 0 Å². The highest BCUT2D eigenvalue weighted by Crippen LogP contribution is 2.28. The number of ether oxygens (including phenoxy) is 1. The number of rotatable bonds is 4. The molecule has 1 saturated heterocycles. The van der Waals surface area contributed by atoms with E-state index in [1.165, 1.54) is 15.6 Å². The summed E-state index contributed by atoms with van der Waals surface area (Å²) in [7, 11) is -1.58. The molecule has 7 heteroatoms. The zero-order valence-corrected chi connectivity index (χ0v) is 14.0. The van der Waals surface area contributed by atoms with E-state index in [1.807, 2.05) is 27.8 Å². The van der Waals surface area contributed by atoms with Gasteiger partial charge >= 0.3 is 0 Å². The zero-order valence-electron chi connectivity index (χ0n) is 12.3. The highest BCUT2D eigenvalue weighted by atomic mass is 32.2. The van der Waals surface area contributed by atoms with Crippen molar-refractivity contribution >= 4 is 21.4 Å². The van der Waals surface area contributed by atoms with Crippen LogP contribution in [0.5, 0.6) is 0 Å². The Kier molecular flexibility index (Phi) is 4.56. The molecule has 0 amide bonds. The Balaban J connectivity index is 2.24. The molecule has 5 nitrogen and oxygen atoms in total. The quantitative estimate of drug-likeness (QED) is 0.917. The number of nitrogens with zero attached hydrogens (tertiary/aromatic N) is 1. The van der Waals surface area contributed by atoms with Crippen molar-refractivity contribution < 1.29 is 13.2 Å². The lowest BCUT2D eigenvalue weighted by Gasteiger charge is -2.40. The molecule has 0 spiro atoms. The van der Waals surface area contributed by atoms with Crippen LogP contribution >= 0.6 is 11.3 Å². The third-order valence-corrected chi connectivity index (χ3v) is 6.03. The van der Waals surface area contributed by atoms with Crippen LogP contribution < -0.4 is 5.32 Å². The highest BCUT2D eigenvalue weighted by molar-refractivity contribution is 7.89. The molecule has 2 rings (SSSR count). The monoisotopic (exact) mass is 318 g/mol. The van der Waals surface area contributed by atoms with Crippen LogP contribution in [0, 0.1) is 0 Å². The van der Waals surface area contributed by atoms with E-state index in [0.29, 0.717) is 24.5 Å². The third-order valence-electron chi connectivity index (χ3n) is 3.16. The average Bonchev–Trinajstić information content (AvgIpc) is 2.76. The van der Waals surface area contributed by atoms with Crippen molar-refractivity contribution in [2.45, 2.75) is 43.9 Å². The Morgan fingerprint density at radius 3 is 2.85 bits per heavy atom. The summed E-state index contributed by atoms with van der Waals surface area (Å²) < 4.78 is 32.7. The Bertz CT molecular complexity index is 566. The summed E-state index contributed by atoms with van der Waals surface area (Å²) in [6.07, 6.45) is -0.0936. The van der Waals surface area contributed by atoms with Crippen LogP contribution in [0.4, 0.5) is 0 Å². The van der Waals surface area contributed by atoms with E-state index in [9.17, 15) is 8.42 Å². The molecule has 1 unspecified atom stereocenters. The van der Waals surface area contributed by atoms with Gasteiger partial charge < -0.3 is 10.1 Å². The maximum absolute atomic E-state index is 12.7. The first-order chi connectivity index (χ1) is 9.24. The Labute approximate surface area is 125 Å². The molecule has 0 radical (unpaired) electrons. The van der Waals surface area contributed by atoms with Crippen LogP contribution in [-0.2, 0) is 21.3 Å². The van der Waals surface area contributed by atoms with Crippen LogP contribution in [0.3, 0.4) is 0 Å². The molecule has 1 aliphatic rings. The van der Waals surface area contributed by atoms with Crippen LogP contribution in [0.2, 0.25) is 0 Å². The van der Waals surface area contributed by atoms with E-state index in [-0.39, 0.29) is 6.10 Å². The maximum atomic E-state index is 12.7. The first-order valence-electron chi connectivity index (χ1n) is 6.64. The molecule has 1 aromatic heterocycles. The summed E-state index contributed by atoms with van der Waals surface area (Å²) in [5.41, 5.74) is -0.450. The summed E-state index contributed by atoms with van der Waals surface area (Å²) in [5.74, 6) is 0. The molecular weight excluding hydrogens is 296 g/mol. The van der Waals surface area contributed by atoms with Gasteiger partial charge in [0.2, 0.25) is 10.0 Å². The summed E-state index contributed by atoms with van der Waals surface area (Å²) in [6.45, 7) is 7.23. The van der Waals surface area contributed by atoms with Gasteiger partial charge in [0.05, 0.1) is 16.6 Å². The van der Waals surface area contributed by atoms with Crippen LogP contribution in [0.15, 0.2) is 16.3 Å². The van der Waals surface area contributed by atoms with Crippen molar-refractivity contribution in [1.29, 1.82) is 0 Å². The van der Waals surface area contributed by atoms with Crippen molar-refractivity contribution in [3.8, 4) is 0 Å². The van der Waals surface area contributed by atoms with Gasteiger partial charge in [-0.25, -0.2) is 8.42 Å². The largest absolute Gasteiger partial charge is 0.370 e. The Morgan fingerprint density at radius 1 is 1.55 bits per heavy atom. The van der Waals surface area contributed by atoms with E-state index in [4.69, 9.17) is 4.74 Å². The maximum Gasteiger partial charge on any atom is 0.244 e. The fraction of sp³-hybridized carbons (Fsp3) is 0.692. The van der Waals surface area contributed by atoms with Gasteiger partial charge in [-0.2, -0.15) is 4.31 Å². The Morgan fingerprint density at radius 2 is 2.25 bits per heavy atom. The zero-order chi connectivity index (χ0) is 15.0.